The van der Waals surface area contributed by atoms with Gasteiger partial charge in [0.05, 0.1) is 12.0 Å². The molecule has 0 radical (unpaired) electrons. The van der Waals surface area contributed by atoms with Gasteiger partial charge in [-0.15, -0.1) is 12.8 Å². The highest BCUT2D eigenvalue weighted by Crippen LogP contribution is 2.45. The molecule has 17 heavy (non-hydrogen) atoms. The molecule has 0 aliphatic carbocycles. The molecule has 0 aromatic rings. The van der Waals surface area contributed by atoms with Gasteiger partial charge in [0, 0.05) is 5.57 Å². The molecule has 0 saturated carbocycles. The van der Waals surface area contributed by atoms with Crippen LogP contribution in [0.1, 0.15) is 13.3 Å². The number of carbonyl (C=O) groups excluding carboxylic acids is 1. The fraction of sp³-hybridized carbons (Fsp3) is 0.500. The number of hydrogen-bond donors (Lipinski definition) is 0. The van der Waals surface area contributed by atoms with Crippen molar-refractivity contribution in [2.45, 2.75) is 18.9 Å². The molecule has 1 rings (SSSR count). The van der Waals surface area contributed by atoms with E-state index in [2.05, 4.69) is 18.4 Å². The van der Waals surface area contributed by atoms with Gasteiger partial charge in [0.15, 0.2) is 0 Å². The summed E-state index contributed by atoms with van der Waals surface area (Å²) in [5.74, 6) is 4.93. The van der Waals surface area contributed by atoms with Gasteiger partial charge in [-0.2, -0.15) is 0 Å². The lowest BCUT2D eigenvalue weighted by atomic mass is 9.63. The van der Waals surface area contributed by atoms with Crippen molar-refractivity contribution in [3.63, 3.8) is 0 Å². The lowest BCUT2D eigenvalue weighted by molar-refractivity contribution is -0.161. The van der Waals surface area contributed by atoms with Gasteiger partial charge < -0.3 is 9.64 Å². The lowest BCUT2D eigenvalue weighted by Crippen LogP contribution is -2.61. The van der Waals surface area contributed by atoms with Gasteiger partial charge in [-0.25, -0.2) is 0 Å². The molecular formula is C14H17NO2. The minimum absolute atomic E-state index is 0.0834. The molecule has 1 heterocycles. The molecule has 0 aromatic carbocycles. The number of cyclic esters (lactones) is 1. The normalized spacial score (nSPS) is 32.5. The summed E-state index contributed by atoms with van der Waals surface area (Å²) in [5.41, 5.74) is -0.941. The summed E-state index contributed by atoms with van der Waals surface area (Å²) in [7, 11) is 3.74. The number of rotatable bonds is 2. The maximum absolute atomic E-state index is 11.5. The summed E-state index contributed by atoms with van der Waals surface area (Å²) in [4.78, 5) is 13.4. The van der Waals surface area contributed by atoms with E-state index in [1.807, 2.05) is 25.9 Å². The van der Waals surface area contributed by atoms with E-state index in [1.165, 1.54) is 0 Å². The van der Waals surface area contributed by atoms with Gasteiger partial charge in [0.2, 0.25) is 0 Å². The molecule has 0 bridgehead atoms. The van der Waals surface area contributed by atoms with Crippen LogP contribution in [0.5, 0.6) is 0 Å². The largest absolute Gasteiger partial charge is 0.464 e. The summed E-state index contributed by atoms with van der Waals surface area (Å²) in [6.07, 6.45) is 11.3. The van der Waals surface area contributed by atoms with Crippen LogP contribution in [-0.4, -0.2) is 37.1 Å². The molecule has 3 nitrogen and oxygen atoms in total. The van der Waals surface area contributed by atoms with Crippen LogP contribution in [0.3, 0.4) is 0 Å². The van der Waals surface area contributed by atoms with Crippen molar-refractivity contribution in [3.8, 4) is 24.7 Å². The first-order valence-corrected chi connectivity index (χ1v) is 5.31. The number of esters is 1. The van der Waals surface area contributed by atoms with E-state index < -0.39 is 11.0 Å². The molecule has 1 saturated heterocycles. The van der Waals surface area contributed by atoms with Gasteiger partial charge in [0.25, 0.3) is 0 Å². The third-order valence-corrected chi connectivity index (χ3v) is 3.78. The Kier molecular flexibility index (Phi) is 3.36. The highest BCUT2D eigenvalue weighted by atomic mass is 16.5. The van der Waals surface area contributed by atoms with Crippen LogP contribution in [-0.2, 0) is 9.53 Å². The highest BCUT2D eigenvalue weighted by Gasteiger charge is 2.55. The number of terminal acetylenes is 2. The molecule has 0 aromatic heterocycles. The summed E-state index contributed by atoms with van der Waals surface area (Å²) in [5, 5.41) is 0. The quantitative estimate of drug-likeness (QED) is 0.526. The second-order valence-corrected chi connectivity index (χ2v) is 4.68. The first-order chi connectivity index (χ1) is 7.84. The van der Waals surface area contributed by atoms with Crippen LogP contribution in [0.4, 0.5) is 0 Å². The monoisotopic (exact) mass is 231 g/mol. The van der Waals surface area contributed by atoms with Crippen molar-refractivity contribution >= 4 is 5.97 Å². The average molecular weight is 231 g/mol. The number of nitrogens with zero attached hydrogens (tertiary/aromatic N) is 1. The average Bonchev–Trinajstić information content (AvgIpc) is 2.28. The first-order valence-electron chi connectivity index (χ1n) is 5.31. The first kappa shape index (κ1) is 13.4. The Balaban J connectivity index is 3.38. The van der Waals surface area contributed by atoms with Gasteiger partial charge in [0.1, 0.15) is 12.0 Å². The second kappa shape index (κ2) is 4.28. The summed E-state index contributed by atoms with van der Waals surface area (Å²) in [6.45, 7) is 5.84. The minimum atomic E-state index is -0.834. The van der Waals surface area contributed by atoms with Crippen molar-refractivity contribution < 1.29 is 9.53 Å². The van der Waals surface area contributed by atoms with Crippen LogP contribution >= 0.6 is 0 Å². The van der Waals surface area contributed by atoms with Crippen molar-refractivity contribution in [1.29, 1.82) is 0 Å². The maximum Gasteiger partial charge on any atom is 0.307 e. The zero-order valence-corrected chi connectivity index (χ0v) is 10.5. The number of carbonyl (C=O) groups is 1. The SMILES string of the molecule is C#CC(=C)C1(C#C)COC(=O)CC1(C)N(C)C. The molecule has 1 fully saturated rings. The fourth-order valence-corrected chi connectivity index (χ4v) is 2.19. The molecule has 0 spiro atoms. The molecule has 90 valence electrons. The summed E-state index contributed by atoms with van der Waals surface area (Å²) < 4.78 is 5.09. The smallest absolute Gasteiger partial charge is 0.307 e. The lowest BCUT2D eigenvalue weighted by Gasteiger charge is -2.51. The van der Waals surface area contributed by atoms with Crippen LogP contribution < -0.4 is 0 Å². The fourth-order valence-electron chi connectivity index (χ4n) is 2.19. The zero-order chi connectivity index (χ0) is 13.3. The molecule has 2 atom stereocenters. The number of ether oxygens (including phenoxy) is 1. The molecule has 3 heteroatoms. The Labute approximate surface area is 103 Å². The van der Waals surface area contributed by atoms with E-state index >= 15 is 0 Å². The summed E-state index contributed by atoms with van der Waals surface area (Å²) >= 11 is 0. The van der Waals surface area contributed by atoms with Crippen molar-refractivity contribution in [1.82, 2.24) is 4.90 Å². The van der Waals surface area contributed by atoms with Crippen molar-refractivity contribution in [2.24, 2.45) is 5.41 Å². The van der Waals surface area contributed by atoms with E-state index in [0.717, 1.165) is 0 Å². The maximum atomic E-state index is 11.5. The van der Waals surface area contributed by atoms with Gasteiger partial charge in [-0.1, -0.05) is 18.4 Å². The van der Waals surface area contributed by atoms with Crippen LogP contribution in [0.15, 0.2) is 12.2 Å². The van der Waals surface area contributed by atoms with E-state index in [4.69, 9.17) is 17.6 Å². The Hall–Kier alpha value is -1.71. The van der Waals surface area contributed by atoms with Gasteiger partial charge in [-0.3, -0.25) is 4.79 Å². The molecule has 1 aliphatic rings. The Bertz CT molecular complexity index is 438. The third-order valence-electron chi connectivity index (χ3n) is 3.78. The van der Waals surface area contributed by atoms with E-state index in [0.29, 0.717) is 5.57 Å². The molecule has 1 aliphatic heterocycles. The minimum Gasteiger partial charge on any atom is -0.464 e. The standard InChI is InChI=1S/C14H17NO2/c1-7-11(3)14(8-2)10-17-12(16)9-13(14,4)15(5)6/h1-2H,3,9-10H2,4-6H3. The van der Waals surface area contributed by atoms with Gasteiger partial charge in [-0.05, 0) is 21.0 Å². The zero-order valence-electron chi connectivity index (χ0n) is 10.5. The number of hydrogen-bond acceptors (Lipinski definition) is 3. The van der Waals surface area contributed by atoms with Crippen LogP contribution in [0.2, 0.25) is 0 Å². The van der Waals surface area contributed by atoms with E-state index in [-0.39, 0.29) is 19.0 Å². The molecular weight excluding hydrogens is 214 g/mol. The van der Waals surface area contributed by atoms with Crippen molar-refractivity contribution in [3.05, 3.63) is 12.2 Å². The van der Waals surface area contributed by atoms with Crippen molar-refractivity contribution in [2.75, 3.05) is 20.7 Å². The Morgan fingerprint density at radius 2 is 2.12 bits per heavy atom. The Morgan fingerprint density at radius 1 is 1.53 bits per heavy atom. The Morgan fingerprint density at radius 3 is 2.53 bits per heavy atom. The predicted molar refractivity (Wildman–Crippen MR) is 66.9 cm³/mol. The van der Waals surface area contributed by atoms with E-state index in [1.54, 1.807) is 0 Å². The molecule has 0 amide bonds. The van der Waals surface area contributed by atoms with Crippen LogP contribution in [0.25, 0.3) is 0 Å². The second-order valence-electron chi connectivity index (χ2n) is 4.68. The van der Waals surface area contributed by atoms with E-state index in [9.17, 15) is 4.79 Å². The highest BCUT2D eigenvalue weighted by molar-refractivity contribution is 5.73. The van der Waals surface area contributed by atoms with Gasteiger partial charge >= 0.3 is 5.97 Å². The summed E-state index contributed by atoms with van der Waals surface area (Å²) in [6, 6.07) is 0. The molecule has 0 N–H and O–H groups in total. The third kappa shape index (κ3) is 1.73. The topological polar surface area (TPSA) is 29.5 Å². The molecule has 2 unspecified atom stereocenters. The van der Waals surface area contributed by atoms with Crippen LogP contribution in [0, 0.1) is 30.1 Å². The predicted octanol–water partition coefficient (Wildman–Crippen LogP) is 1.06.